The van der Waals surface area contributed by atoms with Crippen LogP contribution in [0.1, 0.15) is 12.5 Å². The van der Waals surface area contributed by atoms with Crippen LogP contribution in [0, 0.1) is 16.5 Å². The molecule has 0 saturated carbocycles. The van der Waals surface area contributed by atoms with Crippen LogP contribution in [-0.2, 0) is 0 Å². The number of ether oxygens (including phenoxy) is 1. The molecule has 0 aliphatic carbocycles. The van der Waals surface area contributed by atoms with Crippen LogP contribution in [0.15, 0.2) is 18.3 Å². The molecule has 0 aliphatic rings. The number of aromatic nitrogens is 1. The number of nitriles is 1. The summed E-state index contributed by atoms with van der Waals surface area (Å²) < 4.78 is 5.90. The highest BCUT2D eigenvalue weighted by Gasteiger charge is 2.16. The Labute approximate surface area is 109 Å². The second-order valence-electron chi connectivity index (χ2n) is 3.63. The summed E-state index contributed by atoms with van der Waals surface area (Å²) in [5.74, 6) is 0.426. The molecule has 0 amide bonds. The van der Waals surface area contributed by atoms with E-state index in [-0.39, 0.29) is 10.6 Å². The fourth-order valence-electron chi connectivity index (χ4n) is 1.69. The van der Waals surface area contributed by atoms with Crippen LogP contribution < -0.4 is 15.2 Å². The molecule has 6 heteroatoms. The van der Waals surface area contributed by atoms with E-state index in [1.54, 1.807) is 0 Å². The first-order chi connectivity index (χ1) is 8.58. The Morgan fingerprint density at radius 3 is 2.89 bits per heavy atom. The lowest BCUT2D eigenvalue weighted by molar-refractivity contribution is -0.577. The van der Waals surface area contributed by atoms with E-state index < -0.39 is 0 Å². The molecule has 2 N–H and O–H groups in total. The lowest BCUT2D eigenvalue weighted by Gasteiger charge is -2.10. The summed E-state index contributed by atoms with van der Waals surface area (Å²) in [6.07, 6.45) is 1.14. The zero-order chi connectivity index (χ0) is 13.3. The molecule has 2 aromatic rings. The molecule has 0 fully saturated rings. The highest BCUT2D eigenvalue weighted by molar-refractivity contribution is 6.36. The van der Waals surface area contributed by atoms with Crippen LogP contribution in [0.25, 0.3) is 10.9 Å². The molecule has 0 aliphatic heterocycles. The van der Waals surface area contributed by atoms with E-state index in [9.17, 15) is 5.21 Å². The maximum absolute atomic E-state index is 11.8. The van der Waals surface area contributed by atoms with Gasteiger partial charge in [-0.25, -0.2) is 0 Å². The lowest BCUT2D eigenvalue weighted by atomic mass is 10.1. The first-order valence-corrected chi connectivity index (χ1v) is 5.64. The number of nitrogen functional groups attached to an aromatic ring is 1. The first kappa shape index (κ1) is 12.3. The number of fused-ring (bicyclic) bond motifs is 1. The molecule has 2 rings (SSSR count). The first-order valence-electron chi connectivity index (χ1n) is 5.26. The molecule has 92 valence electrons. The van der Waals surface area contributed by atoms with Crippen molar-refractivity contribution in [3.63, 3.8) is 0 Å². The molecule has 1 aromatic heterocycles. The van der Waals surface area contributed by atoms with Crippen molar-refractivity contribution < 1.29 is 9.47 Å². The molecule has 0 atom stereocenters. The van der Waals surface area contributed by atoms with Crippen LogP contribution in [0.4, 0.5) is 5.69 Å². The summed E-state index contributed by atoms with van der Waals surface area (Å²) in [7, 11) is 0. The van der Waals surface area contributed by atoms with Gasteiger partial charge in [0.1, 0.15) is 17.4 Å². The molecule has 0 spiro atoms. The minimum atomic E-state index is 0.114. The normalized spacial score (nSPS) is 10.3. The predicted octanol–water partition coefficient (Wildman–Crippen LogP) is 1.98. The molecule has 18 heavy (non-hydrogen) atoms. The molecule has 5 nitrogen and oxygen atoms in total. The van der Waals surface area contributed by atoms with Gasteiger partial charge in [-0.1, -0.05) is 11.6 Å². The number of pyridine rings is 1. The van der Waals surface area contributed by atoms with Gasteiger partial charge in [-0.2, -0.15) is 9.99 Å². The molecule has 0 radical (unpaired) electrons. The Bertz CT molecular complexity index is 665. The van der Waals surface area contributed by atoms with E-state index in [0.717, 1.165) is 6.20 Å². The third kappa shape index (κ3) is 1.87. The number of halogens is 1. The SMILES string of the molecule is CCOc1cc2c(cc1N)c(Cl)c(C#N)c[n+]2[O-]. The average Bonchev–Trinajstić information content (AvgIpc) is 2.35. The van der Waals surface area contributed by atoms with E-state index in [4.69, 9.17) is 27.3 Å². The van der Waals surface area contributed by atoms with Crippen LogP contribution in [0.5, 0.6) is 5.75 Å². The summed E-state index contributed by atoms with van der Waals surface area (Å²) in [6.45, 7) is 2.26. The predicted molar refractivity (Wildman–Crippen MR) is 68.2 cm³/mol. The van der Waals surface area contributed by atoms with Gasteiger partial charge in [0.25, 0.3) is 0 Å². The third-order valence-electron chi connectivity index (χ3n) is 2.51. The minimum absolute atomic E-state index is 0.114. The van der Waals surface area contributed by atoms with Gasteiger partial charge in [-0.05, 0) is 13.0 Å². The molecule has 1 heterocycles. The molecular weight excluding hydrogens is 254 g/mol. The van der Waals surface area contributed by atoms with Crippen molar-refractivity contribution in [3.05, 3.63) is 34.1 Å². The Morgan fingerprint density at radius 1 is 1.56 bits per heavy atom. The lowest BCUT2D eigenvalue weighted by Crippen LogP contribution is -2.27. The van der Waals surface area contributed by atoms with Crippen molar-refractivity contribution in [1.29, 1.82) is 5.26 Å². The Hall–Kier alpha value is -2.19. The fourth-order valence-corrected chi connectivity index (χ4v) is 1.93. The van der Waals surface area contributed by atoms with E-state index in [1.807, 2.05) is 13.0 Å². The van der Waals surface area contributed by atoms with Crippen molar-refractivity contribution >= 4 is 28.2 Å². The van der Waals surface area contributed by atoms with Crippen molar-refractivity contribution in [2.24, 2.45) is 0 Å². The van der Waals surface area contributed by atoms with Gasteiger partial charge < -0.3 is 15.7 Å². The van der Waals surface area contributed by atoms with Gasteiger partial charge >= 0.3 is 0 Å². The zero-order valence-corrected chi connectivity index (χ0v) is 10.4. The highest BCUT2D eigenvalue weighted by atomic mass is 35.5. The third-order valence-corrected chi connectivity index (χ3v) is 2.91. The maximum Gasteiger partial charge on any atom is 0.229 e. The molecular formula is C12H10ClN3O2. The van der Waals surface area contributed by atoms with E-state index in [2.05, 4.69) is 0 Å². The second kappa shape index (κ2) is 4.59. The number of hydrogen-bond acceptors (Lipinski definition) is 4. The number of hydrogen-bond donors (Lipinski definition) is 1. The van der Waals surface area contributed by atoms with E-state index >= 15 is 0 Å². The number of anilines is 1. The number of nitrogens with zero attached hydrogens (tertiary/aromatic N) is 2. The monoisotopic (exact) mass is 263 g/mol. The molecule has 0 unspecified atom stereocenters. The Morgan fingerprint density at radius 2 is 2.28 bits per heavy atom. The van der Waals surface area contributed by atoms with E-state index in [1.165, 1.54) is 12.1 Å². The van der Waals surface area contributed by atoms with Gasteiger partial charge in [0.2, 0.25) is 5.52 Å². The van der Waals surface area contributed by atoms with Crippen molar-refractivity contribution in [1.82, 2.24) is 0 Å². The van der Waals surface area contributed by atoms with Gasteiger partial charge in [-0.3, -0.25) is 0 Å². The van der Waals surface area contributed by atoms with Crippen molar-refractivity contribution in [2.45, 2.75) is 6.92 Å². The highest BCUT2D eigenvalue weighted by Crippen LogP contribution is 2.31. The van der Waals surface area contributed by atoms with Gasteiger partial charge in [0, 0.05) is 0 Å². The largest absolute Gasteiger partial charge is 0.618 e. The summed E-state index contributed by atoms with van der Waals surface area (Å²) in [5, 5.41) is 21.3. The average molecular weight is 264 g/mol. The van der Waals surface area contributed by atoms with Crippen LogP contribution in [-0.4, -0.2) is 6.61 Å². The van der Waals surface area contributed by atoms with Crippen LogP contribution in [0.2, 0.25) is 5.02 Å². The number of benzene rings is 1. The Balaban J connectivity index is 2.81. The maximum atomic E-state index is 11.8. The summed E-state index contributed by atoms with van der Waals surface area (Å²) in [4.78, 5) is 0. The minimum Gasteiger partial charge on any atom is -0.618 e. The fraction of sp³-hybridized carbons (Fsp3) is 0.167. The van der Waals surface area contributed by atoms with Gasteiger partial charge in [0.05, 0.1) is 28.8 Å². The zero-order valence-electron chi connectivity index (χ0n) is 9.61. The number of rotatable bonds is 2. The number of nitrogens with two attached hydrogens (primary N) is 1. The Kier molecular flexibility index (Phi) is 3.13. The van der Waals surface area contributed by atoms with Crippen LogP contribution >= 0.6 is 11.6 Å². The van der Waals surface area contributed by atoms with E-state index in [0.29, 0.717) is 33.7 Å². The topological polar surface area (TPSA) is 86.0 Å². The van der Waals surface area contributed by atoms with Gasteiger partial charge in [-0.15, -0.1) is 0 Å². The summed E-state index contributed by atoms with van der Waals surface area (Å²) in [5.41, 5.74) is 6.61. The van der Waals surface area contributed by atoms with Crippen LogP contribution in [0.3, 0.4) is 0 Å². The standard InChI is InChI=1S/C12H10ClN3O2/c1-2-18-11-4-10-8(3-9(11)15)12(13)7(5-14)6-16(10)17/h3-4,6H,2,15H2,1H3. The molecule has 0 bridgehead atoms. The summed E-state index contributed by atoms with van der Waals surface area (Å²) in [6, 6.07) is 4.92. The smallest absolute Gasteiger partial charge is 0.229 e. The molecule has 1 aromatic carbocycles. The van der Waals surface area contributed by atoms with Crippen molar-refractivity contribution in [2.75, 3.05) is 12.3 Å². The van der Waals surface area contributed by atoms with Gasteiger partial charge in [0.15, 0.2) is 6.20 Å². The van der Waals surface area contributed by atoms with Crippen molar-refractivity contribution in [3.8, 4) is 11.8 Å². The molecule has 0 saturated heterocycles. The second-order valence-corrected chi connectivity index (χ2v) is 4.01. The summed E-state index contributed by atoms with van der Waals surface area (Å²) >= 11 is 6.04. The quantitative estimate of drug-likeness (QED) is 0.510.